The molecular formula is C16H29N3S. The number of nitrogens with one attached hydrogen (secondary N) is 1. The number of thiazole rings is 1. The Bertz CT molecular complexity index is 370. The standard InChI is InChI=1S/C16H29N3S/c1-3-5-14-6-9-19(10-7-14)12-15-13-20-16(18-15)11-17-8-4-2/h13-14,17H,3-12H2,1-2H3. The van der Waals surface area contributed by atoms with Crippen molar-refractivity contribution in [3.8, 4) is 0 Å². The number of hydrogen-bond donors (Lipinski definition) is 1. The second-order valence-electron chi connectivity index (χ2n) is 5.92. The van der Waals surface area contributed by atoms with Crippen LogP contribution in [0.25, 0.3) is 0 Å². The molecule has 20 heavy (non-hydrogen) atoms. The second kappa shape index (κ2) is 8.75. The van der Waals surface area contributed by atoms with Crippen LogP contribution in [0.3, 0.4) is 0 Å². The first-order valence-corrected chi connectivity index (χ1v) is 9.06. The third kappa shape index (κ3) is 5.15. The van der Waals surface area contributed by atoms with Gasteiger partial charge in [-0.25, -0.2) is 4.98 Å². The number of likely N-dealkylation sites (tertiary alicyclic amines) is 1. The highest BCUT2D eigenvalue weighted by Crippen LogP contribution is 2.23. The molecule has 0 spiro atoms. The molecule has 3 nitrogen and oxygen atoms in total. The Labute approximate surface area is 127 Å². The van der Waals surface area contributed by atoms with Crippen molar-refractivity contribution in [2.75, 3.05) is 19.6 Å². The first-order chi connectivity index (χ1) is 9.81. The van der Waals surface area contributed by atoms with Crippen LogP contribution in [0.4, 0.5) is 0 Å². The van der Waals surface area contributed by atoms with E-state index in [1.807, 2.05) is 0 Å². The number of nitrogens with zero attached hydrogens (tertiary/aromatic N) is 2. The van der Waals surface area contributed by atoms with Gasteiger partial charge in [0.15, 0.2) is 0 Å². The summed E-state index contributed by atoms with van der Waals surface area (Å²) in [5.74, 6) is 0.973. The molecule has 1 fully saturated rings. The van der Waals surface area contributed by atoms with E-state index in [4.69, 9.17) is 4.98 Å². The molecule has 1 aliphatic heterocycles. The fraction of sp³-hybridized carbons (Fsp3) is 0.812. The zero-order valence-corrected chi connectivity index (χ0v) is 13.8. The lowest BCUT2D eigenvalue weighted by Crippen LogP contribution is -2.33. The van der Waals surface area contributed by atoms with Gasteiger partial charge in [-0.15, -0.1) is 11.3 Å². The molecule has 0 radical (unpaired) electrons. The topological polar surface area (TPSA) is 28.2 Å². The van der Waals surface area contributed by atoms with Crippen molar-refractivity contribution >= 4 is 11.3 Å². The van der Waals surface area contributed by atoms with Crippen LogP contribution in [0, 0.1) is 5.92 Å². The summed E-state index contributed by atoms with van der Waals surface area (Å²) in [6.07, 6.45) is 6.69. The van der Waals surface area contributed by atoms with Crippen LogP contribution >= 0.6 is 11.3 Å². The zero-order chi connectivity index (χ0) is 14.2. The van der Waals surface area contributed by atoms with E-state index < -0.39 is 0 Å². The van der Waals surface area contributed by atoms with Gasteiger partial charge in [0.25, 0.3) is 0 Å². The van der Waals surface area contributed by atoms with Gasteiger partial charge in [0.05, 0.1) is 5.69 Å². The van der Waals surface area contributed by atoms with Crippen LogP contribution in [0.15, 0.2) is 5.38 Å². The zero-order valence-electron chi connectivity index (χ0n) is 13.0. The maximum absolute atomic E-state index is 4.75. The Balaban J connectivity index is 1.71. The van der Waals surface area contributed by atoms with Gasteiger partial charge >= 0.3 is 0 Å². The fourth-order valence-electron chi connectivity index (χ4n) is 2.95. The predicted molar refractivity (Wildman–Crippen MR) is 87.0 cm³/mol. The molecule has 0 atom stereocenters. The molecule has 0 bridgehead atoms. The Morgan fingerprint density at radius 3 is 2.80 bits per heavy atom. The number of rotatable bonds is 8. The number of aromatic nitrogens is 1. The van der Waals surface area contributed by atoms with Crippen molar-refractivity contribution in [3.63, 3.8) is 0 Å². The normalized spacial score (nSPS) is 17.7. The lowest BCUT2D eigenvalue weighted by Gasteiger charge is -2.31. The smallest absolute Gasteiger partial charge is 0.107 e. The van der Waals surface area contributed by atoms with Crippen molar-refractivity contribution in [1.29, 1.82) is 0 Å². The van der Waals surface area contributed by atoms with E-state index in [1.54, 1.807) is 11.3 Å². The monoisotopic (exact) mass is 295 g/mol. The highest BCUT2D eigenvalue weighted by atomic mass is 32.1. The van der Waals surface area contributed by atoms with E-state index in [2.05, 4.69) is 29.4 Å². The van der Waals surface area contributed by atoms with Gasteiger partial charge in [-0.2, -0.15) is 0 Å². The molecule has 1 aromatic rings. The first-order valence-electron chi connectivity index (χ1n) is 8.18. The van der Waals surface area contributed by atoms with Gasteiger partial charge in [-0.1, -0.05) is 26.7 Å². The highest BCUT2D eigenvalue weighted by Gasteiger charge is 2.19. The minimum atomic E-state index is 0.928. The van der Waals surface area contributed by atoms with Crippen molar-refractivity contribution < 1.29 is 0 Å². The van der Waals surface area contributed by atoms with Crippen LogP contribution in [0.2, 0.25) is 0 Å². The van der Waals surface area contributed by atoms with Crippen molar-refractivity contribution in [2.24, 2.45) is 5.92 Å². The largest absolute Gasteiger partial charge is 0.310 e. The van der Waals surface area contributed by atoms with Gasteiger partial charge in [0.1, 0.15) is 5.01 Å². The number of hydrogen-bond acceptors (Lipinski definition) is 4. The molecule has 1 aromatic heterocycles. The van der Waals surface area contributed by atoms with Crippen LogP contribution in [0.1, 0.15) is 56.7 Å². The van der Waals surface area contributed by atoms with Gasteiger partial charge in [-0.05, 0) is 44.8 Å². The van der Waals surface area contributed by atoms with Gasteiger partial charge in [0, 0.05) is 18.5 Å². The van der Waals surface area contributed by atoms with Crippen LogP contribution in [-0.4, -0.2) is 29.5 Å². The maximum Gasteiger partial charge on any atom is 0.107 e. The average molecular weight is 295 g/mol. The Hall–Kier alpha value is -0.450. The number of piperidine rings is 1. The SMILES string of the molecule is CCCNCc1nc(CN2CCC(CCC)CC2)cs1. The van der Waals surface area contributed by atoms with Crippen molar-refractivity contribution in [2.45, 2.75) is 59.0 Å². The average Bonchev–Trinajstić information content (AvgIpc) is 2.89. The van der Waals surface area contributed by atoms with Gasteiger partial charge in [0.2, 0.25) is 0 Å². The van der Waals surface area contributed by atoms with E-state index in [1.165, 1.54) is 55.9 Å². The fourth-order valence-corrected chi connectivity index (χ4v) is 3.70. The summed E-state index contributed by atoms with van der Waals surface area (Å²) in [5, 5.41) is 6.89. The van der Waals surface area contributed by atoms with Crippen LogP contribution in [0.5, 0.6) is 0 Å². The molecule has 1 N–H and O–H groups in total. The molecule has 0 aliphatic carbocycles. The van der Waals surface area contributed by atoms with Gasteiger partial charge in [-0.3, -0.25) is 4.90 Å². The summed E-state index contributed by atoms with van der Waals surface area (Å²) in [5.41, 5.74) is 1.26. The third-order valence-electron chi connectivity index (χ3n) is 4.09. The predicted octanol–water partition coefficient (Wildman–Crippen LogP) is 3.65. The first kappa shape index (κ1) is 15.9. The molecule has 0 amide bonds. The lowest BCUT2D eigenvalue weighted by atomic mass is 9.92. The molecule has 1 aliphatic rings. The summed E-state index contributed by atoms with van der Waals surface area (Å²) in [6, 6.07) is 0. The molecule has 0 aromatic carbocycles. The van der Waals surface area contributed by atoms with Crippen molar-refractivity contribution in [1.82, 2.24) is 15.2 Å². The molecule has 1 saturated heterocycles. The van der Waals surface area contributed by atoms with Gasteiger partial charge < -0.3 is 5.32 Å². The van der Waals surface area contributed by atoms with E-state index >= 15 is 0 Å². The molecule has 114 valence electrons. The van der Waals surface area contributed by atoms with Crippen LogP contribution < -0.4 is 5.32 Å². The Morgan fingerprint density at radius 2 is 2.10 bits per heavy atom. The van der Waals surface area contributed by atoms with Crippen molar-refractivity contribution in [3.05, 3.63) is 16.1 Å². The summed E-state index contributed by atoms with van der Waals surface area (Å²) in [4.78, 5) is 7.32. The summed E-state index contributed by atoms with van der Waals surface area (Å²) < 4.78 is 0. The highest BCUT2D eigenvalue weighted by molar-refractivity contribution is 7.09. The minimum absolute atomic E-state index is 0.928. The van der Waals surface area contributed by atoms with E-state index in [0.717, 1.165) is 25.6 Å². The lowest BCUT2D eigenvalue weighted by molar-refractivity contribution is 0.170. The molecular weight excluding hydrogens is 266 g/mol. The van der Waals surface area contributed by atoms with Crippen LogP contribution in [-0.2, 0) is 13.1 Å². The molecule has 0 unspecified atom stereocenters. The Morgan fingerprint density at radius 1 is 1.30 bits per heavy atom. The van der Waals surface area contributed by atoms with E-state index in [-0.39, 0.29) is 0 Å². The minimum Gasteiger partial charge on any atom is -0.310 e. The second-order valence-corrected chi connectivity index (χ2v) is 6.86. The van der Waals surface area contributed by atoms with E-state index in [9.17, 15) is 0 Å². The maximum atomic E-state index is 4.75. The molecule has 4 heteroatoms. The summed E-state index contributed by atoms with van der Waals surface area (Å²) >= 11 is 1.80. The summed E-state index contributed by atoms with van der Waals surface area (Å²) in [6.45, 7) is 10.1. The molecule has 2 heterocycles. The summed E-state index contributed by atoms with van der Waals surface area (Å²) in [7, 11) is 0. The quantitative estimate of drug-likeness (QED) is 0.742. The molecule has 0 saturated carbocycles. The van der Waals surface area contributed by atoms with E-state index in [0.29, 0.717) is 0 Å². The third-order valence-corrected chi connectivity index (χ3v) is 4.99. The molecule has 2 rings (SSSR count). The Kier molecular flexibility index (Phi) is 6.97.